The van der Waals surface area contributed by atoms with Crippen molar-refractivity contribution in [1.82, 2.24) is 0 Å². The Balaban J connectivity index is 1.88. The first-order valence-electron chi connectivity index (χ1n) is 8.22. The van der Waals surface area contributed by atoms with Gasteiger partial charge in [-0.25, -0.2) is 0 Å². The van der Waals surface area contributed by atoms with Gasteiger partial charge in [0.05, 0.1) is 12.8 Å². The van der Waals surface area contributed by atoms with E-state index in [1.165, 1.54) is 29.4 Å². The Hall–Kier alpha value is -1.84. The molecular weight excluding hydrogens is 286 g/mol. The molecule has 2 aliphatic carbocycles. The van der Waals surface area contributed by atoms with Crippen molar-refractivity contribution in [2.75, 3.05) is 12.3 Å². The van der Waals surface area contributed by atoms with E-state index in [9.17, 15) is 5.21 Å². The van der Waals surface area contributed by atoms with Crippen LogP contribution in [0.2, 0.25) is 0 Å². The first-order valence-corrected chi connectivity index (χ1v) is 8.22. The van der Waals surface area contributed by atoms with Gasteiger partial charge in [0.2, 0.25) is 0 Å². The fourth-order valence-electron chi connectivity index (χ4n) is 3.23. The number of aryl methyl sites for hydroxylation is 2. The molecule has 3 nitrogen and oxygen atoms in total. The van der Waals surface area contributed by atoms with Gasteiger partial charge in [-0.1, -0.05) is 44.2 Å². The molecule has 122 valence electrons. The van der Waals surface area contributed by atoms with Gasteiger partial charge in [-0.05, 0) is 60.1 Å². The van der Waals surface area contributed by atoms with Crippen LogP contribution < -0.4 is 5.23 Å². The van der Waals surface area contributed by atoms with Crippen LogP contribution in [0.5, 0.6) is 0 Å². The predicted octanol–water partition coefficient (Wildman–Crippen LogP) is 4.88. The maximum Gasteiger partial charge on any atom is 0.0629 e. The van der Waals surface area contributed by atoms with Crippen molar-refractivity contribution in [2.24, 2.45) is 5.41 Å². The molecule has 1 aromatic carbocycles. The van der Waals surface area contributed by atoms with Gasteiger partial charge in [-0.3, -0.25) is 4.84 Å². The standard InChI is InChI=1S/C20H24NO2/c1-20(2)12-10-16-5-4-15-8-9-19(21(22)23-3)14-18(15)7-6-17(16)11-13-20/h8-14H,4-7H2,1-3H3/q-1. The molecule has 3 heteroatoms. The SMILES string of the molecule is CON([O-])c1ccc2c(c1)CCC1=C(C=CC(C)(C)C=C1)CC2. The van der Waals surface area contributed by atoms with Gasteiger partial charge in [-0.15, -0.1) is 0 Å². The third kappa shape index (κ3) is 3.57. The first-order chi connectivity index (χ1) is 11.0. The molecule has 0 radical (unpaired) electrons. The maximum absolute atomic E-state index is 11.7. The molecule has 0 bridgehead atoms. The van der Waals surface area contributed by atoms with Crippen LogP contribution in [-0.2, 0) is 17.7 Å². The number of anilines is 1. The molecular formula is C20H24NO2-. The molecule has 0 aromatic heterocycles. The average Bonchev–Trinajstić information content (AvgIpc) is 2.66. The topological polar surface area (TPSA) is 35.5 Å². The zero-order chi connectivity index (χ0) is 16.4. The van der Waals surface area contributed by atoms with Crippen LogP contribution in [0.15, 0.2) is 53.6 Å². The molecule has 0 saturated heterocycles. The highest BCUT2D eigenvalue weighted by atomic mass is 16.9. The summed E-state index contributed by atoms with van der Waals surface area (Å²) >= 11 is 0. The Morgan fingerprint density at radius 1 is 0.957 bits per heavy atom. The van der Waals surface area contributed by atoms with Crippen LogP contribution in [0.25, 0.3) is 0 Å². The van der Waals surface area contributed by atoms with Gasteiger partial charge in [0.25, 0.3) is 0 Å². The number of fused-ring (bicyclic) bond motifs is 1. The Morgan fingerprint density at radius 2 is 1.57 bits per heavy atom. The second-order valence-electron chi connectivity index (χ2n) is 6.93. The summed E-state index contributed by atoms with van der Waals surface area (Å²) in [4.78, 5) is 4.76. The van der Waals surface area contributed by atoms with Crippen LogP contribution in [-0.4, -0.2) is 7.11 Å². The summed E-state index contributed by atoms with van der Waals surface area (Å²) in [5.74, 6) is 0. The van der Waals surface area contributed by atoms with E-state index in [-0.39, 0.29) is 5.41 Å². The van der Waals surface area contributed by atoms with Gasteiger partial charge < -0.3 is 10.4 Å². The molecule has 0 spiro atoms. The van der Waals surface area contributed by atoms with Gasteiger partial charge in [-0.2, -0.15) is 0 Å². The summed E-state index contributed by atoms with van der Waals surface area (Å²) in [7, 11) is 1.39. The van der Waals surface area contributed by atoms with E-state index < -0.39 is 0 Å². The van der Waals surface area contributed by atoms with Crippen LogP contribution in [0.1, 0.15) is 37.8 Å². The summed E-state index contributed by atoms with van der Waals surface area (Å²) in [6, 6.07) is 5.89. The van der Waals surface area contributed by atoms with Crippen molar-refractivity contribution in [2.45, 2.75) is 39.5 Å². The van der Waals surface area contributed by atoms with Crippen molar-refractivity contribution in [3.63, 3.8) is 0 Å². The van der Waals surface area contributed by atoms with E-state index in [1.807, 2.05) is 12.1 Å². The van der Waals surface area contributed by atoms with Crippen molar-refractivity contribution >= 4 is 5.69 Å². The molecule has 0 fully saturated rings. The summed E-state index contributed by atoms with van der Waals surface area (Å²) in [5, 5.41) is 12.2. The Kier molecular flexibility index (Phi) is 4.42. The summed E-state index contributed by atoms with van der Waals surface area (Å²) in [5.41, 5.74) is 6.15. The molecule has 2 aliphatic rings. The molecule has 0 amide bonds. The smallest absolute Gasteiger partial charge is 0.0629 e. The van der Waals surface area contributed by atoms with E-state index in [0.29, 0.717) is 10.9 Å². The highest BCUT2D eigenvalue weighted by Gasteiger charge is 2.17. The molecule has 0 aliphatic heterocycles. The fourth-order valence-corrected chi connectivity index (χ4v) is 3.23. The van der Waals surface area contributed by atoms with E-state index in [2.05, 4.69) is 44.2 Å². The molecule has 0 N–H and O–H groups in total. The van der Waals surface area contributed by atoms with Crippen molar-refractivity contribution in [3.8, 4) is 0 Å². The second-order valence-corrected chi connectivity index (χ2v) is 6.93. The molecule has 0 atom stereocenters. The Labute approximate surface area is 138 Å². The van der Waals surface area contributed by atoms with E-state index in [1.54, 1.807) is 0 Å². The Bertz CT molecular complexity index is 683. The molecule has 0 saturated carbocycles. The molecule has 3 rings (SSSR count). The number of allylic oxidation sites excluding steroid dienone is 6. The minimum absolute atomic E-state index is 0.114. The van der Waals surface area contributed by atoms with Gasteiger partial charge >= 0.3 is 0 Å². The minimum atomic E-state index is 0.114. The van der Waals surface area contributed by atoms with E-state index in [0.717, 1.165) is 25.7 Å². The van der Waals surface area contributed by atoms with Crippen molar-refractivity contribution in [3.05, 3.63) is 70.0 Å². The number of benzene rings is 1. The predicted molar refractivity (Wildman–Crippen MR) is 95.0 cm³/mol. The lowest BCUT2D eigenvalue weighted by Gasteiger charge is -2.28. The summed E-state index contributed by atoms with van der Waals surface area (Å²) < 4.78 is 0. The lowest BCUT2D eigenvalue weighted by atomic mass is 9.89. The van der Waals surface area contributed by atoms with E-state index in [4.69, 9.17) is 4.84 Å². The van der Waals surface area contributed by atoms with Crippen LogP contribution in [0.4, 0.5) is 5.69 Å². The maximum atomic E-state index is 11.7. The lowest BCUT2D eigenvalue weighted by molar-refractivity contribution is 0.198. The largest absolute Gasteiger partial charge is 0.733 e. The molecule has 1 aromatic rings. The van der Waals surface area contributed by atoms with Gasteiger partial charge in [0.1, 0.15) is 0 Å². The lowest BCUT2D eigenvalue weighted by Crippen LogP contribution is -2.13. The van der Waals surface area contributed by atoms with Crippen molar-refractivity contribution in [1.29, 1.82) is 0 Å². The van der Waals surface area contributed by atoms with Gasteiger partial charge in [0.15, 0.2) is 0 Å². The third-order valence-corrected chi connectivity index (χ3v) is 4.73. The molecule has 23 heavy (non-hydrogen) atoms. The molecule has 0 heterocycles. The molecule has 0 unspecified atom stereocenters. The minimum Gasteiger partial charge on any atom is -0.733 e. The normalized spacial score (nSPS) is 19.5. The zero-order valence-corrected chi connectivity index (χ0v) is 14.1. The van der Waals surface area contributed by atoms with Crippen molar-refractivity contribution < 1.29 is 4.84 Å². The fraction of sp³-hybridized carbons (Fsp3) is 0.400. The highest BCUT2D eigenvalue weighted by Crippen LogP contribution is 2.32. The summed E-state index contributed by atoms with van der Waals surface area (Å²) in [6.45, 7) is 4.46. The second kappa shape index (κ2) is 6.34. The average molecular weight is 310 g/mol. The monoisotopic (exact) mass is 310 g/mol. The zero-order valence-electron chi connectivity index (χ0n) is 14.1. The van der Waals surface area contributed by atoms with Crippen LogP contribution in [0.3, 0.4) is 0 Å². The number of hydrogen-bond donors (Lipinski definition) is 0. The third-order valence-electron chi connectivity index (χ3n) is 4.73. The summed E-state index contributed by atoms with van der Waals surface area (Å²) in [6.07, 6.45) is 13.2. The highest BCUT2D eigenvalue weighted by molar-refractivity contribution is 5.51. The quantitative estimate of drug-likeness (QED) is 0.730. The number of rotatable bonds is 2. The number of nitrogens with zero attached hydrogens (tertiary/aromatic N) is 1. The first kappa shape index (κ1) is 16.0. The number of hydrogen-bond acceptors (Lipinski definition) is 3. The van der Waals surface area contributed by atoms with Crippen LogP contribution in [0, 0.1) is 10.6 Å². The van der Waals surface area contributed by atoms with Gasteiger partial charge in [0, 0.05) is 5.41 Å². The van der Waals surface area contributed by atoms with Crippen LogP contribution >= 0.6 is 0 Å². The van der Waals surface area contributed by atoms with E-state index >= 15 is 0 Å². The Morgan fingerprint density at radius 3 is 2.17 bits per heavy atom.